The van der Waals surface area contributed by atoms with Crippen molar-refractivity contribution in [3.63, 3.8) is 0 Å². The minimum atomic E-state index is 0.919. The van der Waals surface area contributed by atoms with Gasteiger partial charge >= 0.3 is 0 Å². The van der Waals surface area contributed by atoms with Gasteiger partial charge in [0.15, 0.2) is 5.65 Å². The lowest BCUT2D eigenvalue weighted by Gasteiger charge is -1.98. The van der Waals surface area contributed by atoms with Crippen LogP contribution in [0.1, 0.15) is 11.3 Å². The fourth-order valence-corrected chi connectivity index (χ4v) is 1.26. The number of aryl methyl sites for hydroxylation is 2. The Kier molecular flexibility index (Phi) is 1.18. The molecule has 2 rings (SSSR count). The molecule has 0 aliphatic heterocycles. The second kappa shape index (κ2) is 2.05. The highest BCUT2D eigenvalue weighted by Crippen LogP contribution is 2.06. The maximum atomic E-state index is 4.09. The van der Waals surface area contributed by atoms with Crippen LogP contribution >= 0.6 is 0 Å². The van der Waals surface area contributed by atoms with Crippen LogP contribution in [0.2, 0.25) is 0 Å². The number of hydrogen-bond acceptors (Lipinski definition) is 2. The Labute approximate surface area is 64.7 Å². The molecule has 3 heteroatoms. The van der Waals surface area contributed by atoms with Crippen LogP contribution in [0, 0.1) is 13.8 Å². The number of aromatic nitrogens is 3. The zero-order chi connectivity index (χ0) is 7.84. The van der Waals surface area contributed by atoms with Gasteiger partial charge in [0, 0.05) is 5.69 Å². The van der Waals surface area contributed by atoms with Crippen molar-refractivity contribution in [2.45, 2.75) is 13.8 Å². The van der Waals surface area contributed by atoms with Crippen molar-refractivity contribution < 1.29 is 0 Å². The lowest BCUT2D eigenvalue weighted by atomic mass is 10.2. The molecule has 0 amide bonds. The Morgan fingerprint density at radius 3 is 2.91 bits per heavy atom. The summed E-state index contributed by atoms with van der Waals surface area (Å²) in [5, 5.41) is 4.06. The average molecular weight is 147 g/mol. The van der Waals surface area contributed by atoms with Crippen molar-refractivity contribution in [3.05, 3.63) is 29.7 Å². The molecule has 2 heterocycles. The maximum absolute atomic E-state index is 4.09. The smallest absolute Gasteiger partial charge is 0.155 e. The Balaban J connectivity index is 2.91. The van der Waals surface area contributed by atoms with Crippen molar-refractivity contribution in [1.82, 2.24) is 14.6 Å². The van der Waals surface area contributed by atoms with E-state index < -0.39 is 0 Å². The molecule has 0 aromatic carbocycles. The zero-order valence-corrected chi connectivity index (χ0v) is 6.57. The van der Waals surface area contributed by atoms with E-state index in [1.807, 2.05) is 17.5 Å². The third-order valence-electron chi connectivity index (χ3n) is 1.70. The second-order valence-corrected chi connectivity index (χ2v) is 2.70. The summed E-state index contributed by atoms with van der Waals surface area (Å²) in [5.74, 6) is 0. The lowest BCUT2D eigenvalue weighted by Crippen LogP contribution is -1.93. The van der Waals surface area contributed by atoms with Crippen LogP contribution in [0.5, 0.6) is 0 Å². The number of fused-ring (bicyclic) bond motifs is 1. The van der Waals surface area contributed by atoms with E-state index >= 15 is 0 Å². The van der Waals surface area contributed by atoms with E-state index in [0.29, 0.717) is 0 Å². The molecule has 0 spiro atoms. The highest BCUT2D eigenvalue weighted by molar-refractivity contribution is 5.41. The van der Waals surface area contributed by atoms with Gasteiger partial charge in [0.1, 0.15) is 6.33 Å². The molecule has 3 nitrogen and oxygen atoms in total. The third-order valence-corrected chi connectivity index (χ3v) is 1.70. The summed E-state index contributed by atoms with van der Waals surface area (Å²) >= 11 is 0. The molecule has 2 aromatic heterocycles. The van der Waals surface area contributed by atoms with Crippen molar-refractivity contribution in [2.75, 3.05) is 0 Å². The van der Waals surface area contributed by atoms with Crippen LogP contribution in [0.25, 0.3) is 5.65 Å². The van der Waals surface area contributed by atoms with Gasteiger partial charge in [-0.3, -0.25) is 0 Å². The van der Waals surface area contributed by atoms with Crippen LogP contribution in [0.3, 0.4) is 0 Å². The van der Waals surface area contributed by atoms with E-state index in [-0.39, 0.29) is 0 Å². The monoisotopic (exact) mass is 147 g/mol. The molecule has 2 aromatic rings. The molecule has 0 saturated heterocycles. The third kappa shape index (κ3) is 0.888. The highest BCUT2D eigenvalue weighted by atomic mass is 15.3. The number of rotatable bonds is 0. The molecule has 0 aliphatic rings. The summed E-state index contributed by atoms with van der Waals surface area (Å²) in [6, 6.07) is 4.10. The summed E-state index contributed by atoms with van der Waals surface area (Å²) in [6.07, 6.45) is 1.57. The second-order valence-electron chi connectivity index (χ2n) is 2.70. The predicted molar refractivity (Wildman–Crippen MR) is 42.5 cm³/mol. The van der Waals surface area contributed by atoms with Gasteiger partial charge in [0.2, 0.25) is 0 Å². The van der Waals surface area contributed by atoms with E-state index in [4.69, 9.17) is 0 Å². The minimum absolute atomic E-state index is 0.919. The molecule has 0 atom stereocenters. The molecule has 0 N–H and O–H groups in total. The lowest BCUT2D eigenvalue weighted by molar-refractivity contribution is 0.911. The van der Waals surface area contributed by atoms with Gasteiger partial charge in [-0.15, -0.1) is 0 Å². The van der Waals surface area contributed by atoms with Gasteiger partial charge in [-0.1, -0.05) is 0 Å². The molecule has 0 fully saturated rings. The predicted octanol–water partition coefficient (Wildman–Crippen LogP) is 1.35. The number of pyridine rings is 1. The van der Waals surface area contributed by atoms with E-state index in [2.05, 4.69) is 23.1 Å². The molecular weight excluding hydrogens is 138 g/mol. The van der Waals surface area contributed by atoms with Gasteiger partial charge < -0.3 is 0 Å². The van der Waals surface area contributed by atoms with Crippen LogP contribution < -0.4 is 0 Å². The standard InChI is InChI=1S/C8H9N3/c1-6-3-7(2)11-8(4-6)9-5-10-11/h3-5H,1-2H3. The van der Waals surface area contributed by atoms with E-state index in [0.717, 1.165) is 11.3 Å². The van der Waals surface area contributed by atoms with Gasteiger partial charge in [-0.25, -0.2) is 9.50 Å². The maximum Gasteiger partial charge on any atom is 0.155 e. The van der Waals surface area contributed by atoms with Crippen LogP contribution in [-0.2, 0) is 0 Å². The summed E-state index contributed by atoms with van der Waals surface area (Å²) in [5.41, 5.74) is 3.27. The number of nitrogens with zero attached hydrogens (tertiary/aromatic N) is 3. The van der Waals surface area contributed by atoms with Crippen molar-refractivity contribution in [1.29, 1.82) is 0 Å². The molecule has 56 valence electrons. The van der Waals surface area contributed by atoms with Crippen molar-refractivity contribution in [3.8, 4) is 0 Å². The van der Waals surface area contributed by atoms with Crippen LogP contribution in [0.4, 0.5) is 0 Å². The molecule has 0 saturated carbocycles. The largest absolute Gasteiger partial charge is 0.218 e. The molecule has 0 radical (unpaired) electrons. The molecule has 0 bridgehead atoms. The van der Waals surface area contributed by atoms with Crippen molar-refractivity contribution in [2.24, 2.45) is 0 Å². The van der Waals surface area contributed by atoms with Gasteiger partial charge in [0.05, 0.1) is 0 Å². The Morgan fingerprint density at radius 1 is 1.27 bits per heavy atom. The minimum Gasteiger partial charge on any atom is -0.218 e. The van der Waals surface area contributed by atoms with E-state index in [1.54, 1.807) is 6.33 Å². The fraction of sp³-hybridized carbons (Fsp3) is 0.250. The van der Waals surface area contributed by atoms with Crippen molar-refractivity contribution >= 4 is 5.65 Å². The SMILES string of the molecule is Cc1cc(C)n2ncnc2c1. The Hall–Kier alpha value is -1.38. The first-order chi connectivity index (χ1) is 5.27. The molecule has 0 aliphatic carbocycles. The summed E-state index contributed by atoms with van der Waals surface area (Å²) in [6.45, 7) is 4.08. The number of hydrogen-bond donors (Lipinski definition) is 0. The zero-order valence-electron chi connectivity index (χ0n) is 6.57. The van der Waals surface area contributed by atoms with Gasteiger partial charge in [0.25, 0.3) is 0 Å². The van der Waals surface area contributed by atoms with Gasteiger partial charge in [-0.2, -0.15) is 5.10 Å². The Morgan fingerprint density at radius 2 is 2.09 bits per heavy atom. The normalized spacial score (nSPS) is 10.7. The Bertz CT molecular complexity index is 389. The molecule has 0 unspecified atom stereocenters. The van der Waals surface area contributed by atoms with Gasteiger partial charge in [-0.05, 0) is 31.5 Å². The summed E-state index contributed by atoms with van der Waals surface area (Å²) in [7, 11) is 0. The quantitative estimate of drug-likeness (QED) is 0.563. The summed E-state index contributed by atoms with van der Waals surface area (Å²) in [4.78, 5) is 4.09. The fourth-order valence-electron chi connectivity index (χ4n) is 1.26. The topological polar surface area (TPSA) is 30.2 Å². The van der Waals surface area contributed by atoms with Crippen LogP contribution in [-0.4, -0.2) is 14.6 Å². The highest BCUT2D eigenvalue weighted by Gasteiger charge is 1.97. The molecular formula is C8H9N3. The van der Waals surface area contributed by atoms with E-state index in [1.165, 1.54) is 5.56 Å². The molecule has 11 heavy (non-hydrogen) atoms. The first kappa shape index (κ1) is 6.34. The summed E-state index contributed by atoms with van der Waals surface area (Å²) < 4.78 is 1.83. The first-order valence-electron chi connectivity index (χ1n) is 3.54. The van der Waals surface area contributed by atoms with E-state index in [9.17, 15) is 0 Å². The average Bonchev–Trinajstić information content (AvgIpc) is 2.34. The van der Waals surface area contributed by atoms with Crippen LogP contribution in [0.15, 0.2) is 18.5 Å². The first-order valence-corrected chi connectivity index (χ1v) is 3.54.